The molecule has 2 rings (SSSR count). The van der Waals surface area contributed by atoms with Gasteiger partial charge in [0.1, 0.15) is 5.75 Å². The van der Waals surface area contributed by atoms with Crippen molar-refractivity contribution in [2.45, 2.75) is 26.2 Å². The van der Waals surface area contributed by atoms with E-state index in [1.54, 1.807) is 12.1 Å². The number of aliphatic carboxylic acids is 1. The highest BCUT2D eigenvalue weighted by Gasteiger charge is 2.06. The number of carbonyl (C=O) groups excluding carboxylic acids is 1. The summed E-state index contributed by atoms with van der Waals surface area (Å²) in [5.74, 6) is -0.134. The first-order valence-electron chi connectivity index (χ1n) is 8.27. The molecule has 0 radical (unpaired) electrons. The Kier molecular flexibility index (Phi) is 6.57. The fourth-order valence-corrected chi connectivity index (χ4v) is 2.34. The van der Waals surface area contributed by atoms with Crippen molar-refractivity contribution in [2.75, 3.05) is 13.2 Å². The van der Waals surface area contributed by atoms with Crippen molar-refractivity contribution in [3.63, 3.8) is 0 Å². The van der Waals surface area contributed by atoms with E-state index < -0.39 is 5.97 Å². The third kappa shape index (κ3) is 5.95. The maximum atomic E-state index is 12.1. The highest BCUT2D eigenvalue weighted by molar-refractivity contribution is 5.94. The lowest BCUT2D eigenvalue weighted by Crippen LogP contribution is -2.25. The summed E-state index contributed by atoms with van der Waals surface area (Å²) in [5, 5.41) is 11.5. The van der Waals surface area contributed by atoms with Crippen LogP contribution in [0.25, 0.3) is 0 Å². The second-order valence-corrected chi connectivity index (χ2v) is 6.11. The molecule has 0 unspecified atom stereocenters. The molecule has 0 aliphatic heterocycles. The van der Waals surface area contributed by atoms with Crippen molar-refractivity contribution in [2.24, 2.45) is 0 Å². The number of hydrogen-bond acceptors (Lipinski definition) is 3. The Morgan fingerprint density at radius 3 is 2.24 bits per heavy atom. The van der Waals surface area contributed by atoms with Gasteiger partial charge in [-0.15, -0.1) is 0 Å². The highest BCUT2D eigenvalue weighted by Crippen LogP contribution is 2.15. The molecular weight excluding hydrogens is 318 g/mol. The minimum absolute atomic E-state index is 0.0864. The SMILES string of the molecule is CC(C)c1ccc(C(=O)NCCc2ccc(OCC(=O)O)cc2)cc1. The molecule has 0 aromatic heterocycles. The predicted molar refractivity (Wildman–Crippen MR) is 96.1 cm³/mol. The topological polar surface area (TPSA) is 75.6 Å². The molecule has 0 saturated carbocycles. The zero-order chi connectivity index (χ0) is 18.2. The van der Waals surface area contributed by atoms with Gasteiger partial charge in [0.05, 0.1) is 0 Å². The lowest BCUT2D eigenvalue weighted by molar-refractivity contribution is -0.139. The molecule has 25 heavy (non-hydrogen) atoms. The number of hydrogen-bond donors (Lipinski definition) is 2. The maximum Gasteiger partial charge on any atom is 0.341 e. The second kappa shape index (κ2) is 8.87. The summed E-state index contributed by atoms with van der Waals surface area (Å²) in [6, 6.07) is 14.8. The van der Waals surface area contributed by atoms with Crippen LogP contribution < -0.4 is 10.1 Å². The van der Waals surface area contributed by atoms with E-state index >= 15 is 0 Å². The Bertz CT molecular complexity index is 705. The summed E-state index contributed by atoms with van der Waals surface area (Å²) in [6.45, 7) is 4.41. The van der Waals surface area contributed by atoms with Crippen molar-refractivity contribution >= 4 is 11.9 Å². The smallest absolute Gasteiger partial charge is 0.341 e. The van der Waals surface area contributed by atoms with Gasteiger partial charge in [-0.3, -0.25) is 4.79 Å². The van der Waals surface area contributed by atoms with E-state index in [1.165, 1.54) is 5.56 Å². The van der Waals surface area contributed by atoms with Crippen molar-refractivity contribution in [3.05, 3.63) is 65.2 Å². The zero-order valence-electron chi connectivity index (χ0n) is 14.5. The first-order chi connectivity index (χ1) is 12.0. The molecule has 0 aliphatic rings. The number of benzene rings is 2. The van der Waals surface area contributed by atoms with E-state index in [0.717, 1.165) is 5.56 Å². The van der Waals surface area contributed by atoms with Crippen LogP contribution in [0.4, 0.5) is 0 Å². The lowest BCUT2D eigenvalue weighted by atomic mass is 10.0. The normalized spacial score (nSPS) is 10.5. The summed E-state index contributed by atoms with van der Waals surface area (Å²) in [7, 11) is 0. The average molecular weight is 341 g/mol. The molecule has 5 nitrogen and oxygen atoms in total. The van der Waals surface area contributed by atoms with E-state index in [9.17, 15) is 9.59 Å². The number of amides is 1. The van der Waals surface area contributed by atoms with Gasteiger partial charge in [-0.2, -0.15) is 0 Å². The fraction of sp³-hybridized carbons (Fsp3) is 0.300. The molecule has 132 valence electrons. The molecule has 0 aliphatic carbocycles. The molecule has 0 fully saturated rings. The molecule has 0 saturated heterocycles. The van der Waals surface area contributed by atoms with Crippen LogP contribution in [0.2, 0.25) is 0 Å². The Balaban J connectivity index is 1.79. The summed E-state index contributed by atoms with van der Waals surface area (Å²) in [6.07, 6.45) is 0.690. The van der Waals surface area contributed by atoms with Gasteiger partial charge in [-0.25, -0.2) is 4.79 Å². The first kappa shape index (κ1) is 18.5. The average Bonchev–Trinajstić information content (AvgIpc) is 2.61. The molecule has 0 spiro atoms. The van der Waals surface area contributed by atoms with Gasteiger partial charge in [0.2, 0.25) is 0 Å². The molecule has 1 amide bonds. The lowest BCUT2D eigenvalue weighted by Gasteiger charge is -2.08. The Hall–Kier alpha value is -2.82. The Morgan fingerprint density at radius 2 is 1.68 bits per heavy atom. The predicted octanol–water partition coefficient (Wildman–Crippen LogP) is 3.25. The summed E-state index contributed by atoms with van der Waals surface area (Å²) >= 11 is 0. The maximum absolute atomic E-state index is 12.1. The van der Waals surface area contributed by atoms with E-state index in [1.807, 2.05) is 36.4 Å². The molecule has 2 aromatic carbocycles. The van der Waals surface area contributed by atoms with Crippen LogP contribution in [0.3, 0.4) is 0 Å². The van der Waals surface area contributed by atoms with Crippen molar-refractivity contribution < 1.29 is 19.4 Å². The summed E-state index contributed by atoms with van der Waals surface area (Å²) < 4.78 is 5.08. The number of nitrogens with one attached hydrogen (secondary N) is 1. The van der Waals surface area contributed by atoms with Crippen molar-refractivity contribution in [1.82, 2.24) is 5.32 Å². The van der Waals surface area contributed by atoms with Gasteiger partial charge in [-0.05, 0) is 47.7 Å². The molecule has 5 heteroatoms. The minimum atomic E-state index is -1.01. The van der Waals surface area contributed by atoms with Crippen LogP contribution in [0, 0.1) is 0 Å². The fourth-order valence-electron chi connectivity index (χ4n) is 2.34. The van der Waals surface area contributed by atoms with Gasteiger partial charge in [0, 0.05) is 12.1 Å². The Morgan fingerprint density at radius 1 is 1.04 bits per heavy atom. The summed E-state index contributed by atoms with van der Waals surface area (Å²) in [5.41, 5.74) is 2.90. The number of carboxylic acid groups (broad SMARTS) is 1. The van der Waals surface area contributed by atoms with Crippen LogP contribution in [-0.2, 0) is 11.2 Å². The molecule has 0 bridgehead atoms. The van der Waals surface area contributed by atoms with Crippen LogP contribution in [0.1, 0.15) is 41.3 Å². The zero-order valence-corrected chi connectivity index (χ0v) is 14.5. The van der Waals surface area contributed by atoms with Gasteiger partial charge >= 0.3 is 5.97 Å². The molecular formula is C20H23NO4. The number of ether oxygens (including phenoxy) is 1. The van der Waals surface area contributed by atoms with Crippen LogP contribution >= 0.6 is 0 Å². The summed E-state index contributed by atoms with van der Waals surface area (Å²) in [4.78, 5) is 22.6. The van der Waals surface area contributed by atoms with Gasteiger partial charge in [0.15, 0.2) is 6.61 Å². The van der Waals surface area contributed by atoms with E-state index in [2.05, 4.69) is 19.2 Å². The van der Waals surface area contributed by atoms with E-state index in [4.69, 9.17) is 9.84 Å². The molecule has 2 N–H and O–H groups in total. The van der Waals surface area contributed by atoms with Gasteiger partial charge in [-0.1, -0.05) is 38.1 Å². The quantitative estimate of drug-likeness (QED) is 0.773. The number of carboxylic acids is 1. The van der Waals surface area contributed by atoms with Crippen molar-refractivity contribution in [1.29, 1.82) is 0 Å². The first-order valence-corrected chi connectivity index (χ1v) is 8.27. The van der Waals surface area contributed by atoms with Crippen molar-refractivity contribution in [3.8, 4) is 5.75 Å². The van der Waals surface area contributed by atoms with Crippen LogP contribution in [0.15, 0.2) is 48.5 Å². The Labute approximate surface area is 147 Å². The van der Waals surface area contributed by atoms with Crippen LogP contribution in [-0.4, -0.2) is 30.1 Å². The largest absolute Gasteiger partial charge is 0.482 e. The molecule has 2 aromatic rings. The highest BCUT2D eigenvalue weighted by atomic mass is 16.5. The van der Waals surface area contributed by atoms with E-state index in [-0.39, 0.29) is 12.5 Å². The number of rotatable bonds is 8. The molecule has 0 heterocycles. The van der Waals surface area contributed by atoms with Gasteiger partial charge in [0.25, 0.3) is 5.91 Å². The third-order valence-electron chi connectivity index (χ3n) is 3.82. The number of carbonyl (C=O) groups is 2. The molecule has 0 atom stereocenters. The van der Waals surface area contributed by atoms with Gasteiger partial charge < -0.3 is 15.2 Å². The minimum Gasteiger partial charge on any atom is -0.482 e. The van der Waals surface area contributed by atoms with Crippen LogP contribution in [0.5, 0.6) is 5.75 Å². The van der Waals surface area contributed by atoms with E-state index in [0.29, 0.717) is 30.2 Å². The monoisotopic (exact) mass is 341 g/mol. The standard InChI is InChI=1S/C20H23NO4/c1-14(2)16-5-7-17(8-6-16)20(24)21-12-11-15-3-9-18(10-4-15)25-13-19(22)23/h3-10,14H,11-13H2,1-2H3,(H,21,24)(H,22,23). The second-order valence-electron chi connectivity index (χ2n) is 6.11. The third-order valence-corrected chi connectivity index (χ3v) is 3.82.